The van der Waals surface area contributed by atoms with Crippen LogP contribution in [0.4, 0.5) is 26.3 Å². The zero-order valence-electron chi connectivity index (χ0n) is 11.6. The number of halogens is 6. The third-order valence-electron chi connectivity index (χ3n) is 2.80. The van der Waals surface area contributed by atoms with Crippen molar-refractivity contribution in [1.82, 2.24) is 4.98 Å². The lowest BCUT2D eigenvalue weighted by Crippen LogP contribution is -2.31. The van der Waals surface area contributed by atoms with Crippen molar-refractivity contribution >= 4 is 12.6 Å². The van der Waals surface area contributed by atoms with Crippen LogP contribution >= 0.6 is 0 Å². The molecular weight excluding hydrogens is 343 g/mol. The Morgan fingerprint density at radius 1 is 0.958 bits per heavy atom. The molecule has 0 aliphatic rings. The number of aromatic nitrogens is 1. The van der Waals surface area contributed by atoms with Gasteiger partial charge in [0.05, 0.1) is 5.69 Å². The van der Waals surface area contributed by atoms with E-state index >= 15 is 0 Å². The van der Waals surface area contributed by atoms with Gasteiger partial charge in [0.15, 0.2) is 0 Å². The highest BCUT2D eigenvalue weighted by atomic mass is 19.4. The summed E-state index contributed by atoms with van der Waals surface area (Å²) in [4.78, 5) is 3.31. The lowest BCUT2D eigenvalue weighted by molar-refractivity contribution is -0.274. The molecule has 1 heterocycles. The van der Waals surface area contributed by atoms with Crippen LogP contribution in [0.5, 0.6) is 5.75 Å². The van der Waals surface area contributed by atoms with Gasteiger partial charge in [-0.25, -0.2) is 4.98 Å². The number of benzene rings is 1. The summed E-state index contributed by atoms with van der Waals surface area (Å²) in [5.74, 6) is -0.648. The van der Waals surface area contributed by atoms with Crippen LogP contribution in [-0.2, 0) is 6.18 Å². The van der Waals surface area contributed by atoms with Gasteiger partial charge in [-0.1, -0.05) is 12.1 Å². The van der Waals surface area contributed by atoms with E-state index in [4.69, 9.17) is 10.0 Å². The molecule has 0 spiro atoms. The predicted octanol–water partition coefficient (Wildman–Crippen LogP) is 2.35. The highest BCUT2D eigenvalue weighted by Crippen LogP contribution is 2.31. The smallest absolute Gasteiger partial charge is 0.423 e. The standard InChI is InChI=1S/C13H8BF6NO3/c15-12(16,17)11-6-8(14(22)23)5-10(21-11)7-2-1-3-9(4-7)24-13(18,19)20/h1-6,22-23H. The lowest BCUT2D eigenvalue weighted by atomic mass is 9.79. The number of hydrogen-bond donors (Lipinski definition) is 2. The number of rotatable bonds is 3. The molecule has 0 radical (unpaired) electrons. The van der Waals surface area contributed by atoms with Crippen LogP contribution in [0, 0.1) is 0 Å². The van der Waals surface area contributed by atoms with E-state index in [1.165, 1.54) is 6.07 Å². The van der Waals surface area contributed by atoms with Gasteiger partial charge in [-0.3, -0.25) is 0 Å². The molecule has 0 saturated carbocycles. The van der Waals surface area contributed by atoms with E-state index in [0.29, 0.717) is 6.07 Å². The van der Waals surface area contributed by atoms with Gasteiger partial charge in [-0.15, -0.1) is 13.2 Å². The summed E-state index contributed by atoms with van der Waals surface area (Å²) >= 11 is 0. The van der Waals surface area contributed by atoms with Crippen LogP contribution in [0.25, 0.3) is 11.3 Å². The molecular formula is C13H8BF6NO3. The molecule has 0 atom stereocenters. The van der Waals surface area contributed by atoms with E-state index in [1.807, 2.05) is 0 Å². The monoisotopic (exact) mass is 351 g/mol. The molecule has 2 rings (SSSR count). The molecule has 0 unspecified atom stereocenters. The van der Waals surface area contributed by atoms with Crippen LogP contribution in [0.1, 0.15) is 5.69 Å². The molecule has 0 bridgehead atoms. The van der Waals surface area contributed by atoms with E-state index in [1.54, 1.807) is 0 Å². The van der Waals surface area contributed by atoms with Crippen molar-refractivity contribution in [2.45, 2.75) is 12.5 Å². The summed E-state index contributed by atoms with van der Waals surface area (Å²) in [5, 5.41) is 18.2. The van der Waals surface area contributed by atoms with Crippen LogP contribution in [0.15, 0.2) is 36.4 Å². The zero-order valence-corrected chi connectivity index (χ0v) is 11.6. The molecule has 0 saturated heterocycles. The van der Waals surface area contributed by atoms with Gasteiger partial charge in [0, 0.05) is 5.56 Å². The molecule has 4 nitrogen and oxygen atoms in total. The van der Waals surface area contributed by atoms with Crippen LogP contribution in [0.2, 0.25) is 0 Å². The van der Waals surface area contributed by atoms with Gasteiger partial charge in [-0.2, -0.15) is 13.2 Å². The Labute approximate surface area is 131 Å². The van der Waals surface area contributed by atoms with Gasteiger partial charge in [0.25, 0.3) is 0 Å². The molecule has 1 aromatic carbocycles. The largest absolute Gasteiger partial charge is 0.573 e. The Morgan fingerprint density at radius 2 is 1.62 bits per heavy atom. The number of nitrogens with zero attached hydrogens (tertiary/aromatic N) is 1. The fourth-order valence-electron chi connectivity index (χ4n) is 1.85. The molecule has 1 aromatic heterocycles. The van der Waals surface area contributed by atoms with Gasteiger partial charge in [0.1, 0.15) is 11.4 Å². The minimum absolute atomic E-state index is 0.121. The van der Waals surface area contributed by atoms with Crippen molar-refractivity contribution < 1.29 is 41.1 Å². The SMILES string of the molecule is OB(O)c1cc(-c2cccc(OC(F)(F)F)c2)nc(C(F)(F)F)c1. The molecule has 2 aromatic rings. The Bertz CT molecular complexity index is 732. The van der Waals surface area contributed by atoms with E-state index < -0.39 is 36.6 Å². The van der Waals surface area contributed by atoms with Crippen molar-refractivity contribution in [3.8, 4) is 17.0 Å². The maximum atomic E-state index is 12.8. The van der Waals surface area contributed by atoms with E-state index in [9.17, 15) is 26.3 Å². The molecule has 128 valence electrons. The summed E-state index contributed by atoms with van der Waals surface area (Å²) < 4.78 is 78.8. The average molecular weight is 351 g/mol. The normalized spacial score (nSPS) is 12.2. The fraction of sp³-hybridized carbons (Fsp3) is 0.154. The van der Waals surface area contributed by atoms with Crippen molar-refractivity contribution in [2.75, 3.05) is 0 Å². The minimum Gasteiger partial charge on any atom is -0.423 e. The van der Waals surface area contributed by atoms with Crippen LogP contribution in [-0.4, -0.2) is 28.5 Å². The first-order valence-electron chi connectivity index (χ1n) is 6.27. The number of pyridine rings is 1. The van der Waals surface area contributed by atoms with Crippen molar-refractivity contribution in [1.29, 1.82) is 0 Å². The number of ether oxygens (including phenoxy) is 1. The molecule has 0 fully saturated rings. The number of hydrogen-bond acceptors (Lipinski definition) is 4. The zero-order chi connectivity index (χ0) is 18.1. The first kappa shape index (κ1) is 18.1. The Morgan fingerprint density at radius 3 is 2.17 bits per heavy atom. The summed E-state index contributed by atoms with van der Waals surface area (Å²) in [6.07, 6.45) is -9.84. The van der Waals surface area contributed by atoms with E-state index in [-0.39, 0.29) is 11.3 Å². The second kappa shape index (κ2) is 6.32. The molecule has 24 heavy (non-hydrogen) atoms. The Kier molecular flexibility index (Phi) is 4.76. The molecule has 2 N–H and O–H groups in total. The van der Waals surface area contributed by atoms with Crippen LogP contribution in [0.3, 0.4) is 0 Å². The van der Waals surface area contributed by atoms with Gasteiger partial charge in [-0.05, 0) is 29.7 Å². The molecule has 11 heteroatoms. The predicted molar refractivity (Wildman–Crippen MR) is 71.2 cm³/mol. The molecule has 0 aliphatic carbocycles. The fourth-order valence-corrected chi connectivity index (χ4v) is 1.85. The van der Waals surface area contributed by atoms with Crippen molar-refractivity contribution in [3.05, 3.63) is 42.1 Å². The van der Waals surface area contributed by atoms with E-state index in [2.05, 4.69) is 9.72 Å². The molecule has 0 aliphatic heterocycles. The van der Waals surface area contributed by atoms with Crippen LogP contribution < -0.4 is 10.2 Å². The summed E-state index contributed by atoms with van der Waals surface area (Å²) in [6.45, 7) is 0. The maximum absolute atomic E-state index is 12.8. The van der Waals surface area contributed by atoms with Crippen molar-refractivity contribution in [2.24, 2.45) is 0 Å². The van der Waals surface area contributed by atoms with Gasteiger partial charge >= 0.3 is 19.7 Å². The minimum atomic E-state index is -4.97. The van der Waals surface area contributed by atoms with Gasteiger partial charge in [0.2, 0.25) is 0 Å². The Hall–Kier alpha value is -2.27. The van der Waals surface area contributed by atoms with Crippen molar-refractivity contribution in [3.63, 3.8) is 0 Å². The average Bonchev–Trinajstić information content (AvgIpc) is 2.44. The summed E-state index contributed by atoms with van der Waals surface area (Å²) in [7, 11) is -2.21. The third kappa shape index (κ3) is 4.62. The quantitative estimate of drug-likeness (QED) is 0.658. The second-order valence-electron chi connectivity index (χ2n) is 4.62. The number of alkyl halides is 6. The Balaban J connectivity index is 2.52. The second-order valence-corrected chi connectivity index (χ2v) is 4.62. The first-order valence-corrected chi connectivity index (χ1v) is 6.27. The summed E-state index contributed by atoms with van der Waals surface area (Å²) in [6, 6.07) is 5.50. The highest BCUT2D eigenvalue weighted by Gasteiger charge is 2.34. The third-order valence-corrected chi connectivity index (χ3v) is 2.80. The van der Waals surface area contributed by atoms with Gasteiger partial charge < -0.3 is 14.8 Å². The highest BCUT2D eigenvalue weighted by molar-refractivity contribution is 6.58. The maximum Gasteiger partial charge on any atom is 0.573 e. The lowest BCUT2D eigenvalue weighted by Gasteiger charge is -2.13. The first-order chi connectivity index (χ1) is 11.0. The van der Waals surface area contributed by atoms with E-state index in [0.717, 1.165) is 24.3 Å². The summed E-state index contributed by atoms with van der Waals surface area (Å²) in [5.41, 5.74) is -2.43. The molecule has 0 amide bonds. The topological polar surface area (TPSA) is 62.6 Å².